The van der Waals surface area contributed by atoms with E-state index in [1.807, 2.05) is 34.6 Å². The molecule has 4 N–H and O–H groups in total. The van der Waals surface area contributed by atoms with Gasteiger partial charge in [0.05, 0.1) is 25.1 Å². The van der Waals surface area contributed by atoms with E-state index in [0.717, 1.165) is 12.8 Å². The molecule has 0 aliphatic carbocycles. The SMILES string of the molecule is CCCCNC(=O)Nc1nc2c(ncn2[C@@H]2O[C@H](CO)[C@@H](OC(C)C)[C@H]2OC(C)C)c(=O)[nH]1. The van der Waals surface area contributed by atoms with Crippen LogP contribution in [0.3, 0.4) is 0 Å². The third kappa shape index (κ3) is 5.88. The summed E-state index contributed by atoms with van der Waals surface area (Å²) in [6.45, 7) is 9.84. The molecule has 0 bridgehead atoms. The molecule has 1 aliphatic rings. The predicted molar refractivity (Wildman–Crippen MR) is 121 cm³/mol. The van der Waals surface area contributed by atoms with Gasteiger partial charge in [-0.1, -0.05) is 13.3 Å². The summed E-state index contributed by atoms with van der Waals surface area (Å²) in [5.74, 6) is -0.0174. The van der Waals surface area contributed by atoms with Gasteiger partial charge in [0.25, 0.3) is 5.56 Å². The first-order valence-corrected chi connectivity index (χ1v) is 11.3. The zero-order chi connectivity index (χ0) is 24.1. The summed E-state index contributed by atoms with van der Waals surface area (Å²) in [7, 11) is 0. The predicted octanol–water partition coefficient (Wildman–Crippen LogP) is 1.52. The molecule has 1 fully saturated rings. The number of aromatic nitrogens is 4. The van der Waals surface area contributed by atoms with Crippen LogP contribution in [-0.4, -0.2) is 74.3 Å². The Kier molecular flexibility index (Phi) is 8.40. The van der Waals surface area contributed by atoms with E-state index in [0.29, 0.717) is 6.54 Å². The van der Waals surface area contributed by atoms with Crippen molar-refractivity contribution in [1.29, 1.82) is 0 Å². The summed E-state index contributed by atoms with van der Waals surface area (Å²) in [4.78, 5) is 35.8. The van der Waals surface area contributed by atoms with Gasteiger partial charge in [-0.3, -0.25) is 19.7 Å². The number of imidazole rings is 1. The second-order valence-electron chi connectivity index (χ2n) is 8.52. The maximum Gasteiger partial charge on any atom is 0.321 e. The molecular formula is C21H34N6O6. The van der Waals surface area contributed by atoms with Gasteiger partial charge < -0.3 is 24.6 Å². The fourth-order valence-electron chi connectivity index (χ4n) is 3.72. The first-order valence-electron chi connectivity index (χ1n) is 11.3. The number of amides is 2. The van der Waals surface area contributed by atoms with Crippen LogP contribution in [0, 0.1) is 0 Å². The number of aromatic amines is 1. The van der Waals surface area contributed by atoms with E-state index in [4.69, 9.17) is 14.2 Å². The highest BCUT2D eigenvalue weighted by molar-refractivity contribution is 5.88. The molecule has 33 heavy (non-hydrogen) atoms. The number of unbranched alkanes of at least 4 members (excludes halogenated alkanes) is 1. The van der Waals surface area contributed by atoms with Crippen LogP contribution in [0.15, 0.2) is 11.1 Å². The average Bonchev–Trinajstić information content (AvgIpc) is 3.29. The third-order valence-electron chi connectivity index (χ3n) is 5.08. The number of carbonyl (C=O) groups excluding carboxylic acids is 1. The third-order valence-corrected chi connectivity index (χ3v) is 5.08. The lowest BCUT2D eigenvalue weighted by Crippen LogP contribution is -2.40. The monoisotopic (exact) mass is 466 g/mol. The number of nitrogens with zero attached hydrogens (tertiary/aromatic N) is 3. The van der Waals surface area contributed by atoms with Crippen LogP contribution in [0.5, 0.6) is 0 Å². The van der Waals surface area contributed by atoms with Crippen molar-refractivity contribution in [3.8, 4) is 0 Å². The Hall–Kier alpha value is -2.54. The Morgan fingerprint density at radius 1 is 1.27 bits per heavy atom. The van der Waals surface area contributed by atoms with Crippen LogP contribution in [0.1, 0.15) is 53.7 Å². The van der Waals surface area contributed by atoms with Gasteiger partial charge in [-0.15, -0.1) is 0 Å². The van der Waals surface area contributed by atoms with Crippen molar-refractivity contribution in [1.82, 2.24) is 24.8 Å². The van der Waals surface area contributed by atoms with Gasteiger partial charge in [0, 0.05) is 6.54 Å². The maximum atomic E-state index is 12.6. The Balaban J connectivity index is 1.95. The minimum absolute atomic E-state index is 0.0174. The smallest absolute Gasteiger partial charge is 0.321 e. The number of nitrogens with one attached hydrogen (secondary N) is 3. The van der Waals surface area contributed by atoms with Crippen LogP contribution in [0.25, 0.3) is 11.2 Å². The lowest BCUT2D eigenvalue weighted by molar-refractivity contribution is -0.113. The Morgan fingerprint density at radius 3 is 2.61 bits per heavy atom. The number of aliphatic hydroxyl groups is 1. The molecule has 3 heterocycles. The van der Waals surface area contributed by atoms with E-state index in [-0.39, 0.29) is 35.9 Å². The zero-order valence-corrected chi connectivity index (χ0v) is 19.7. The fourth-order valence-corrected chi connectivity index (χ4v) is 3.72. The minimum Gasteiger partial charge on any atom is -0.394 e. The van der Waals surface area contributed by atoms with Crippen molar-refractivity contribution >= 4 is 23.1 Å². The minimum atomic E-state index is -0.751. The highest BCUT2D eigenvalue weighted by atomic mass is 16.6. The van der Waals surface area contributed by atoms with Crippen molar-refractivity contribution in [2.24, 2.45) is 0 Å². The fraction of sp³-hybridized carbons (Fsp3) is 0.714. The molecular weight excluding hydrogens is 432 g/mol. The van der Waals surface area contributed by atoms with Crippen LogP contribution in [-0.2, 0) is 14.2 Å². The number of anilines is 1. The summed E-state index contributed by atoms with van der Waals surface area (Å²) in [5, 5.41) is 15.1. The Morgan fingerprint density at radius 2 is 1.97 bits per heavy atom. The van der Waals surface area contributed by atoms with Gasteiger partial charge in [0.2, 0.25) is 5.95 Å². The van der Waals surface area contributed by atoms with E-state index < -0.39 is 36.1 Å². The molecule has 0 saturated carbocycles. The number of hydrogen-bond donors (Lipinski definition) is 4. The Labute approximate surface area is 192 Å². The van der Waals surface area contributed by atoms with Crippen molar-refractivity contribution in [3.63, 3.8) is 0 Å². The molecule has 184 valence electrons. The number of ether oxygens (including phenoxy) is 3. The molecule has 4 atom stereocenters. The van der Waals surface area contributed by atoms with Crippen LogP contribution in [0.2, 0.25) is 0 Å². The average molecular weight is 467 g/mol. The zero-order valence-electron chi connectivity index (χ0n) is 19.7. The first kappa shape index (κ1) is 25.1. The lowest BCUT2D eigenvalue weighted by atomic mass is 10.1. The topological polar surface area (TPSA) is 153 Å². The van der Waals surface area contributed by atoms with Crippen LogP contribution < -0.4 is 16.2 Å². The molecule has 12 heteroatoms. The summed E-state index contributed by atoms with van der Waals surface area (Å²) >= 11 is 0. The number of H-pyrrole nitrogens is 1. The molecule has 2 amide bonds. The van der Waals surface area contributed by atoms with E-state index in [2.05, 4.69) is 25.6 Å². The van der Waals surface area contributed by atoms with Crippen LogP contribution >= 0.6 is 0 Å². The largest absolute Gasteiger partial charge is 0.394 e. The molecule has 0 aromatic carbocycles. The van der Waals surface area contributed by atoms with E-state index in [1.165, 1.54) is 6.33 Å². The maximum absolute atomic E-state index is 12.6. The number of fused-ring (bicyclic) bond motifs is 1. The summed E-state index contributed by atoms with van der Waals surface area (Å²) in [6, 6.07) is -0.471. The quantitative estimate of drug-likeness (QED) is 0.385. The Bertz CT molecular complexity index is 989. The van der Waals surface area contributed by atoms with Gasteiger partial charge in [0.1, 0.15) is 18.3 Å². The van der Waals surface area contributed by atoms with Gasteiger partial charge in [-0.05, 0) is 34.1 Å². The van der Waals surface area contributed by atoms with Gasteiger partial charge in [-0.2, -0.15) is 4.98 Å². The molecule has 1 aliphatic heterocycles. The number of rotatable bonds is 10. The second-order valence-corrected chi connectivity index (χ2v) is 8.52. The number of carbonyl (C=O) groups is 1. The van der Waals surface area contributed by atoms with E-state index in [1.54, 1.807) is 4.57 Å². The number of aliphatic hydroxyl groups excluding tert-OH is 1. The van der Waals surface area contributed by atoms with Crippen molar-refractivity contribution in [2.75, 3.05) is 18.5 Å². The normalized spacial score (nSPS) is 23.0. The molecule has 0 unspecified atom stereocenters. The molecule has 1 saturated heterocycles. The molecule has 3 rings (SSSR count). The van der Waals surface area contributed by atoms with Crippen molar-refractivity contribution in [2.45, 2.75) is 84.2 Å². The highest BCUT2D eigenvalue weighted by Gasteiger charge is 2.48. The van der Waals surface area contributed by atoms with E-state index in [9.17, 15) is 14.7 Å². The van der Waals surface area contributed by atoms with Crippen LogP contribution in [0.4, 0.5) is 10.7 Å². The summed E-state index contributed by atoms with van der Waals surface area (Å²) in [6.07, 6.45) is 0.440. The van der Waals surface area contributed by atoms with E-state index >= 15 is 0 Å². The summed E-state index contributed by atoms with van der Waals surface area (Å²) in [5.41, 5.74) is -0.199. The first-order chi connectivity index (χ1) is 15.7. The van der Waals surface area contributed by atoms with Gasteiger partial charge in [0.15, 0.2) is 17.4 Å². The van der Waals surface area contributed by atoms with Gasteiger partial charge >= 0.3 is 6.03 Å². The van der Waals surface area contributed by atoms with Crippen molar-refractivity contribution < 1.29 is 24.1 Å². The molecule has 2 aromatic heterocycles. The highest BCUT2D eigenvalue weighted by Crippen LogP contribution is 2.36. The number of urea groups is 1. The van der Waals surface area contributed by atoms with Crippen molar-refractivity contribution in [3.05, 3.63) is 16.7 Å². The summed E-state index contributed by atoms with van der Waals surface area (Å²) < 4.78 is 19.8. The molecule has 0 spiro atoms. The molecule has 2 aromatic rings. The van der Waals surface area contributed by atoms with Gasteiger partial charge in [-0.25, -0.2) is 9.78 Å². The standard InChI is InChI=1S/C21H34N6O6/c1-6-7-8-22-21(30)26-20-24-17-14(18(29)25-20)23-10-27(17)19-16(32-12(4)5)15(31-11(2)3)13(9-28)33-19/h10-13,15-16,19,28H,6-9H2,1-5H3,(H3,22,24,25,26,29,30)/t13-,15-,16-,19-/m1/s1. The number of hydrogen-bond acceptors (Lipinski definition) is 8. The lowest BCUT2D eigenvalue weighted by Gasteiger charge is -2.28. The molecule has 0 radical (unpaired) electrons. The molecule has 12 nitrogen and oxygen atoms in total. The second kappa shape index (κ2) is 11.1.